The summed E-state index contributed by atoms with van der Waals surface area (Å²) in [5.74, 6) is 0.577. The van der Waals surface area contributed by atoms with Crippen LogP contribution in [0.15, 0.2) is 78.9 Å². The lowest BCUT2D eigenvalue weighted by Gasteiger charge is -2.15. The number of phenolic OH excluding ortho intramolecular Hbond substituents is 1. The Kier molecular flexibility index (Phi) is 7.03. The van der Waals surface area contributed by atoms with Gasteiger partial charge < -0.3 is 19.3 Å². The molecule has 0 aromatic heterocycles. The highest BCUT2D eigenvalue weighted by Crippen LogP contribution is 2.44. The first-order chi connectivity index (χ1) is 16.3. The van der Waals surface area contributed by atoms with Crippen LogP contribution in [0.2, 0.25) is 5.02 Å². The van der Waals surface area contributed by atoms with E-state index in [0.717, 1.165) is 16.3 Å². The highest BCUT2D eigenvalue weighted by Gasteiger charge is 2.31. The van der Waals surface area contributed by atoms with Crippen molar-refractivity contribution in [2.24, 2.45) is 0 Å². The van der Waals surface area contributed by atoms with E-state index < -0.39 is 6.36 Å². The number of benzene rings is 4. The van der Waals surface area contributed by atoms with Crippen molar-refractivity contribution < 1.29 is 32.5 Å². The topological polar surface area (TPSA) is 47.9 Å². The van der Waals surface area contributed by atoms with Gasteiger partial charge >= 0.3 is 6.36 Å². The zero-order valence-corrected chi connectivity index (χ0v) is 18.6. The van der Waals surface area contributed by atoms with Crippen LogP contribution in [0.4, 0.5) is 13.2 Å². The van der Waals surface area contributed by atoms with Gasteiger partial charge in [0, 0.05) is 12.0 Å². The van der Waals surface area contributed by atoms with Crippen molar-refractivity contribution in [1.29, 1.82) is 0 Å². The first kappa shape index (κ1) is 23.6. The van der Waals surface area contributed by atoms with Crippen molar-refractivity contribution in [2.75, 3.05) is 13.2 Å². The Bertz CT molecular complexity index is 1270. The molecule has 176 valence electrons. The van der Waals surface area contributed by atoms with Gasteiger partial charge in [0.2, 0.25) is 0 Å². The van der Waals surface area contributed by atoms with Crippen molar-refractivity contribution in [1.82, 2.24) is 0 Å². The average Bonchev–Trinajstić information content (AvgIpc) is 2.80. The third kappa shape index (κ3) is 5.66. The fraction of sp³-hybridized carbons (Fsp3) is 0.154. The Labute approximate surface area is 199 Å². The fourth-order valence-electron chi connectivity index (χ4n) is 3.53. The number of hydrogen-bond donors (Lipinski definition) is 1. The summed E-state index contributed by atoms with van der Waals surface area (Å²) in [7, 11) is 0. The van der Waals surface area contributed by atoms with E-state index in [1.807, 2.05) is 42.5 Å². The molecule has 0 aliphatic heterocycles. The molecule has 0 fully saturated rings. The average molecular weight is 489 g/mol. The molecule has 0 saturated carbocycles. The number of aromatic hydroxyl groups is 1. The van der Waals surface area contributed by atoms with Gasteiger partial charge in [0.05, 0.1) is 18.2 Å². The molecule has 4 aromatic carbocycles. The van der Waals surface area contributed by atoms with Gasteiger partial charge in [-0.15, -0.1) is 13.2 Å². The summed E-state index contributed by atoms with van der Waals surface area (Å²) >= 11 is 6.61. The smallest absolute Gasteiger partial charge is 0.507 e. The number of fused-ring (bicyclic) bond motifs is 1. The molecule has 0 aliphatic rings. The minimum absolute atomic E-state index is 0.0509. The van der Waals surface area contributed by atoms with Gasteiger partial charge in [0.1, 0.15) is 23.0 Å². The van der Waals surface area contributed by atoms with Crippen molar-refractivity contribution in [3.05, 3.63) is 83.9 Å². The van der Waals surface area contributed by atoms with Gasteiger partial charge in [-0.3, -0.25) is 0 Å². The van der Waals surface area contributed by atoms with Gasteiger partial charge in [0.15, 0.2) is 0 Å². The predicted octanol–water partition coefficient (Wildman–Crippen LogP) is 7.61. The van der Waals surface area contributed by atoms with E-state index in [0.29, 0.717) is 28.5 Å². The maximum Gasteiger partial charge on any atom is 0.573 e. The Morgan fingerprint density at radius 3 is 2.21 bits per heavy atom. The van der Waals surface area contributed by atoms with E-state index in [1.54, 1.807) is 12.1 Å². The summed E-state index contributed by atoms with van der Waals surface area (Å²) in [5.41, 5.74) is 1.29. The molecule has 4 rings (SSSR count). The van der Waals surface area contributed by atoms with Crippen molar-refractivity contribution in [3.63, 3.8) is 0 Å². The minimum Gasteiger partial charge on any atom is -0.507 e. The summed E-state index contributed by atoms with van der Waals surface area (Å²) in [4.78, 5) is 0. The molecule has 0 unspecified atom stereocenters. The maximum absolute atomic E-state index is 12.2. The third-order valence-electron chi connectivity index (χ3n) is 5.02. The van der Waals surface area contributed by atoms with Crippen LogP contribution in [-0.4, -0.2) is 24.7 Å². The number of phenols is 1. The lowest BCUT2D eigenvalue weighted by molar-refractivity contribution is -0.274. The van der Waals surface area contributed by atoms with Crippen molar-refractivity contribution >= 4 is 22.4 Å². The molecule has 0 radical (unpaired) electrons. The molecule has 4 nitrogen and oxygen atoms in total. The molecule has 0 atom stereocenters. The van der Waals surface area contributed by atoms with Crippen LogP contribution in [0, 0.1) is 0 Å². The molecule has 4 aromatic rings. The SMILES string of the molecule is Oc1ccc(OCCCOc2ccc(OC(F)(F)F)cc2)c(Cl)c1-c1cccc2ccccc12. The minimum atomic E-state index is -4.73. The molecular formula is C26H20ClF3O4. The zero-order valence-electron chi connectivity index (χ0n) is 17.8. The molecule has 8 heteroatoms. The third-order valence-corrected chi connectivity index (χ3v) is 5.39. The molecule has 0 saturated heterocycles. The molecule has 0 bridgehead atoms. The number of halogens is 4. The van der Waals surface area contributed by atoms with E-state index >= 15 is 0 Å². The van der Waals surface area contributed by atoms with E-state index in [-0.39, 0.29) is 24.7 Å². The first-order valence-electron chi connectivity index (χ1n) is 10.4. The Hall–Kier alpha value is -3.58. The van der Waals surface area contributed by atoms with Gasteiger partial charge in [-0.2, -0.15) is 0 Å². The lowest BCUT2D eigenvalue weighted by Crippen LogP contribution is -2.17. The van der Waals surface area contributed by atoms with E-state index in [4.69, 9.17) is 21.1 Å². The highest BCUT2D eigenvalue weighted by atomic mass is 35.5. The van der Waals surface area contributed by atoms with Crippen LogP contribution in [0.25, 0.3) is 21.9 Å². The summed E-state index contributed by atoms with van der Waals surface area (Å²) in [6, 6.07) is 21.9. The van der Waals surface area contributed by atoms with Crippen LogP contribution in [0.1, 0.15) is 6.42 Å². The second kappa shape index (κ2) is 10.1. The molecular weight excluding hydrogens is 469 g/mol. The number of ether oxygens (including phenoxy) is 3. The molecule has 0 aliphatic carbocycles. The quantitative estimate of drug-likeness (QED) is 0.259. The van der Waals surface area contributed by atoms with Gasteiger partial charge in [0.25, 0.3) is 0 Å². The van der Waals surface area contributed by atoms with Crippen LogP contribution in [0.5, 0.6) is 23.0 Å². The summed E-state index contributed by atoms with van der Waals surface area (Å²) in [6.45, 7) is 0.570. The van der Waals surface area contributed by atoms with Gasteiger partial charge in [-0.25, -0.2) is 0 Å². The first-order valence-corrected chi connectivity index (χ1v) is 10.8. The fourth-order valence-corrected chi connectivity index (χ4v) is 3.84. The number of hydrogen-bond acceptors (Lipinski definition) is 4. The van der Waals surface area contributed by atoms with Gasteiger partial charge in [-0.1, -0.05) is 54.1 Å². The monoisotopic (exact) mass is 488 g/mol. The maximum atomic E-state index is 12.2. The number of alkyl halides is 3. The standard InChI is InChI=1S/C26H20ClF3O4/c27-25-23(33-16-4-15-32-18-9-11-19(12-10-18)34-26(28,29)30)14-13-22(31)24(25)21-8-3-6-17-5-1-2-7-20(17)21/h1-3,5-14,31H,4,15-16H2. The van der Waals surface area contributed by atoms with Crippen molar-refractivity contribution in [3.8, 4) is 34.1 Å². The molecule has 0 spiro atoms. The molecule has 1 N–H and O–H groups in total. The van der Waals surface area contributed by atoms with Crippen molar-refractivity contribution in [2.45, 2.75) is 12.8 Å². The van der Waals surface area contributed by atoms with Crippen LogP contribution >= 0.6 is 11.6 Å². The van der Waals surface area contributed by atoms with Crippen LogP contribution in [0.3, 0.4) is 0 Å². The van der Waals surface area contributed by atoms with Crippen LogP contribution < -0.4 is 14.2 Å². The summed E-state index contributed by atoms with van der Waals surface area (Å²) in [6.07, 6.45) is -4.23. The summed E-state index contributed by atoms with van der Waals surface area (Å²) < 4.78 is 51.8. The Morgan fingerprint density at radius 1 is 0.765 bits per heavy atom. The van der Waals surface area contributed by atoms with E-state index in [1.165, 1.54) is 24.3 Å². The normalized spacial score (nSPS) is 11.4. The highest BCUT2D eigenvalue weighted by molar-refractivity contribution is 6.35. The second-order valence-electron chi connectivity index (χ2n) is 7.37. The summed E-state index contributed by atoms with van der Waals surface area (Å²) in [5, 5.41) is 12.8. The molecule has 0 amide bonds. The molecule has 0 heterocycles. The van der Waals surface area contributed by atoms with E-state index in [2.05, 4.69) is 4.74 Å². The lowest BCUT2D eigenvalue weighted by atomic mass is 9.97. The Balaban J connectivity index is 1.37. The van der Waals surface area contributed by atoms with Crippen LogP contribution in [-0.2, 0) is 0 Å². The van der Waals surface area contributed by atoms with E-state index in [9.17, 15) is 18.3 Å². The van der Waals surface area contributed by atoms with Gasteiger partial charge in [-0.05, 0) is 52.7 Å². The molecule has 34 heavy (non-hydrogen) atoms. The number of rotatable bonds is 8. The zero-order chi connectivity index (χ0) is 24.1. The Morgan fingerprint density at radius 2 is 1.44 bits per heavy atom. The predicted molar refractivity (Wildman–Crippen MR) is 125 cm³/mol. The largest absolute Gasteiger partial charge is 0.573 e. The second-order valence-corrected chi connectivity index (χ2v) is 7.75.